The van der Waals surface area contributed by atoms with Crippen molar-refractivity contribution in [2.24, 2.45) is 0 Å². The predicted octanol–water partition coefficient (Wildman–Crippen LogP) is -0.321. The van der Waals surface area contributed by atoms with E-state index in [0.717, 1.165) is 50.5 Å². The van der Waals surface area contributed by atoms with Crippen LogP contribution in [0.1, 0.15) is 12.8 Å². The van der Waals surface area contributed by atoms with Crippen LogP contribution in [-0.2, 0) is 4.79 Å². The molecule has 5 nitrogen and oxygen atoms in total. The van der Waals surface area contributed by atoms with Crippen molar-refractivity contribution in [2.75, 3.05) is 44.7 Å². The van der Waals surface area contributed by atoms with Gasteiger partial charge in [0.25, 0.3) is 5.91 Å². The van der Waals surface area contributed by atoms with Crippen molar-refractivity contribution in [2.45, 2.75) is 18.9 Å². The Balaban J connectivity index is 1.51. The van der Waals surface area contributed by atoms with E-state index < -0.39 is 0 Å². The molecular weight excluding hydrogens is 266 g/mol. The van der Waals surface area contributed by atoms with Gasteiger partial charge in [0, 0.05) is 6.04 Å². The third-order valence-electron chi connectivity index (χ3n) is 4.25. The molecule has 3 rings (SSSR count). The second-order valence-corrected chi connectivity index (χ2v) is 5.93. The number of rotatable bonds is 5. The minimum atomic E-state index is 0.207. The van der Waals surface area contributed by atoms with E-state index >= 15 is 0 Å². The molecule has 0 spiro atoms. The Morgan fingerprint density at radius 1 is 1.33 bits per heavy atom. The number of para-hydroxylation sites is 2. The van der Waals surface area contributed by atoms with Crippen LogP contribution in [0.25, 0.3) is 0 Å². The zero-order chi connectivity index (χ0) is 14.7. The minimum absolute atomic E-state index is 0.207. The predicted molar refractivity (Wildman–Crippen MR) is 81.9 cm³/mol. The molecular formula is C16H24N3O2+. The number of amides is 1. The van der Waals surface area contributed by atoms with Crippen molar-refractivity contribution in [3.63, 3.8) is 0 Å². The second-order valence-electron chi connectivity index (χ2n) is 5.93. The van der Waals surface area contributed by atoms with Crippen molar-refractivity contribution in [3.05, 3.63) is 24.3 Å². The van der Waals surface area contributed by atoms with Gasteiger partial charge in [0.1, 0.15) is 5.75 Å². The van der Waals surface area contributed by atoms with E-state index in [2.05, 4.69) is 16.3 Å². The summed E-state index contributed by atoms with van der Waals surface area (Å²) in [7, 11) is 1.71. The van der Waals surface area contributed by atoms with Crippen LogP contribution in [0.2, 0.25) is 0 Å². The molecule has 0 aromatic heterocycles. The number of hydrogen-bond donors (Lipinski definition) is 2. The molecule has 114 valence electrons. The number of ether oxygens (including phenoxy) is 1. The van der Waals surface area contributed by atoms with Crippen LogP contribution in [-0.4, -0.2) is 51.8 Å². The van der Waals surface area contributed by atoms with E-state index in [1.807, 2.05) is 18.2 Å². The number of benzene rings is 1. The summed E-state index contributed by atoms with van der Waals surface area (Å²) in [6.45, 7) is 4.53. The van der Waals surface area contributed by atoms with E-state index in [9.17, 15) is 4.79 Å². The maximum Gasteiger partial charge on any atom is 0.275 e. The summed E-state index contributed by atoms with van der Waals surface area (Å²) in [4.78, 5) is 15.6. The highest BCUT2D eigenvalue weighted by Gasteiger charge is 2.27. The molecule has 1 saturated heterocycles. The number of nitrogens with one attached hydrogen (secondary N) is 2. The van der Waals surface area contributed by atoms with Crippen molar-refractivity contribution in [1.29, 1.82) is 0 Å². The highest BCUT2D eigenvalue weighted by Crippen LogP contribution is 2.27. The molecule has 5 heteroatoms. The molecule has 1 saturated carbocycles. The molecule has 1 aliphatic heterocycles. The fourth-order valence-electron chi connectivity index (χ4n) is 2.87. The fourth-order valence-corrected chi connectivity index (χ4v) is 2.87. The molecule has 0 radical (unpaired) electrons. The first-order chi connectivity index (χ1) is 10.3. The Bertz CT molecular complexity index is 494. The van der Waals surface area contributed by atoms with Gasteiger partial charge in [-0.3, -0.25) is 4.79 Å². The molecule has 1 amide bonds. The van der Waals surface area contributed by atoms with Gasteiger partial charge in [0.15, 0.2) is 6.54 Å². The van der Waals surface area contributed by atoms with Crippen molar-refractivity contribution in [1.82, 2.24) is 5.32 Å². The van der Waals surface area contributed by atoms with Gasteiger partial charge < -0.3 is 19.9 Å². The Labute approximate surface area is 125 Å². The number of anilines is 1. The lowest BCUT2D eigenvalue weighted by Gasteiger charge is -2.34. The van der Waals surface area contributed by atoms with Gasteiger partial charge in [0.05, 0.1) is 39.0 Å². The largest absolute Gasteiger partial charge is 0.495 e. The minimum Gasteiger partial charge on any atom is -0.495 e. The van der Waals surface area contributed by atoms with Crippen LogP contribution < -0.4 is 19.9 Å². The van der Waals surface area contributed by atoms with Gasteiger partial charge in [-0.05, 0) is 25.0 Å². The van der Waals surface area contributed by atoms with Gasteiger partial charge >= 0.3 is 0 Å². The third-order valence-corrected chi connectivity index (χ3v) is 4.25. The lowest BCUT2D eigenvalue weighted by Crippen LogP contribution is -3.16. The van der Waals surface area contributed by atoms with Gasteiger partial charge in [-0.1, -0.05) is 12.1 Å². The quantitative estimate of drug-likeness (QED) is 0.781. The number of methoxy groups -OCH3 is 1. The maximum absolute atomic E-state index is 11.8. The van der Waals surface area contributed by atoms with Crippen LogP contribution in [0.5, 0.6) is 5.75 Å². The molecule has 0 bridgehead atoms. The van der Waals surface area contributed by atoms with Crippen molar-refractivity contribution < 1.29 is 14.4 Å². The zero-order valence-corrected chi connectivity index (χ0v) is 12.6. The lowest BCUT2D eigenvalue weighted by molar-refractivity contribution is -0.892. The summed E-state index contributed by atoms with van der Waals surface area (Å²) in [5.74, 6) is 1.13. The van der Waals surface area contributed by atoms with Gasteiger partial charge in [0.2, 0.25) is 0 Å². The first-order valence-electron chi connectivity index (χ1n) is 7.77. The number of carbonyl (C=O) groups excluding carboxylic acids is 1. The third kappa shape index (κ3) is 3.67. The monoisotopic (exact) mass is 290 g/mol. The molecule has 0 atom stereocenters. The Hall–Kier alpha value is -1.75. The van der Waals surface area contributed by atoms with E-state index in [1.165, 1.54) is 4.90 Å². The van der Waals surface area contributed by atoms with Crippen LogP contribution >= 0.6 is 0 Å². The fraction of sp³-hybridized carbons (Fsp3) is 0.562. The van der Waals surface area contributed by atoms with Crippen LogP contribution in [0.3, 0.4) is 0 Å². The molecule has 2 N–H and O–H groups in total. The first kappa shape index (κ1) is 14.2. The smallest absolute Gasteiger partial charge is 0.275 e. The van der Waals surface area contributed by atoms with Gasteiger partial charge in [-0.25, -0.2) is 0 Å². The molecule has 1 heterocycles. The molecule has 1 aromatic rings. The number of carbonyl (C=O) groups is 1. The number of piperazine rings is 1. The number of quaternary nitrogens is 1. The van der Waals surface area contributed by atoms with Crippen molar-refractivity contribution in [3.8, 4) is 5.75 Å². The molecule has 1 aliphatic carbocycles. The summed E-state index contributed by atoms with van der Waals surface area (Å²) in [5.41, 5.74) is 1.15. The van der Waals surface area contributed by atoms with E-state index in [-0.39, 0.29) is 5.91 Å². The van der Waals surface area contributed by atoms with E-state index in [4.69, 9.17) is 4.74 Å². The Kier molecular flexibility index (Phi) is 4.29. The van der Waals surface area contributed by atoms with E-state index in [1.54, 1.807) is 7.11 Å². The van der Waals surface area contributed by atoms with Gasteiger partial charge in [-0.15, -0.1) is 0 Å². The molecule has 2 aliphatic rings. The first-order valence-corrected chi connectivity index (χ1v) is 7.77. The van der Waals surface area contributed by atoms with Crippen LogP contribution in [0, 0.1) is 0 Å². The standard InChI is InChI=1S/C16H23N3O2/c1-21-15-5-3-2-4-14(15)19-10-8-18(9-11-19)12-16(20)17-13-6-7-13/h2-5,13H,6-12H2,1H3,(H,17,20)/p+1. The Morgan fingerprint density at radius 2 is 2.05 bits per heavy atom. The normalized spacial score (nSPS) is 19.4. The highest BCUT2D eigenvalue weighted by atomic mass is 16.5. The van der Waals surface area contributed by atoms with Gasteiger partial charge in [-0.2, -0.15) is 0 Å². The summed E-state index contributed by atoms with van der Waals surface area (Å²) in [5, 5.41) is 3.07. The Morgan fingerprint density at radius 3 is 2.71 bits per heavy atom. The lowest BCUT2D eigenvalue weighted by atomic mass is 10.2. The number of nitrogens with zero attached hydrogens (tertiary/aromatic N) is 1. The van der Waals surface area contributed by atoms with Crippen LogP contribution in [0.15, 0.2) is 24.3 Å². The zero-order valence-electron chi connectivity index (χ0n) is 12.6. The molecule has 21 heavy (non-hydrogen) atoms. The van der Waals surface area contributed by atoms with Crippen LogP contribution in [0.4, 0.5) is 5.69 Å². The average molecular weight is 290 g/mol. The molecule has 2 fully saturated rings. The second kappa shape index (κ2) is 6.35. The topological polar surface area (TPSA) is 46.0 Å². The average Bonchev–Trinajstić information content (AvgIpc) is 3.32. The summed E-state index contributed by atoms with van der Waals surface area (Å²) >= 11 is 0. The summed E-state index contributed by atoms with van der Waals surface area (Å²) in [6.07, 6.45) is 2.31. The SMILES string of the molecule is COc1ccccc1N1CC[NH+](CC(=O)NC2CC2)CC1. The molecule has 1 aromatic carbocycles. The highest BCUT2D eigenvalue weighted by molar-refractivity contribution is 5.77. The summed E-state index contributed by atoms with van der Waals surface area (Å²) in [6, 6.07) is 8.60. The molecule has 0 unspecified atom stereocenters. The summed E-state index contributed by atoms with van der Waals surface area (Å²) < 4.78 is 5.43. The number of hydrogen-bond acceptors (Lipinski definition) is 3. The van der Waals surface area contributed by atoms with E-state index in [0.29, 0.717) is 12.6 Å². The maximum atomic E-state index is 11.8. The van der Waals surface area contributed by atoms with Crippen molar-refractivity contribution >= 4 is 11.6 Å².